The number of rotatable bonds is 61. The monoisotopic (exact) mass is 1030 g/mol. The van der Waals surface area contributed by atoms with Gasteiger partial charge in [-0.2, -0.15) is 0 Å². The summed E-state index contributed by atoms with van der Waals surface area (Å²) in [6, 6.07) is -0.543. The van der Waals surface area contributed by atoms with Gasteiger partial charge in [0.05, 0.1) is 18.8 Å². The second-order valence-electron chi connectivity index (χ2n) is 22.5. The summed E-state index contributed by atoms with van der Waals surface area (Å²) >= 11 is 0. The summed E-state index contributed by atoms with van der Waals surface area (Å²) in [5, 5.41) is 23.5. The molecule has 0 aliphatic rings. The van der Waals surface area contributed by atoms with Crippen LogP contribution < -0.4 is 5.32 Å². The maximum Gasteiger partial charge on any atom is 0.220 e. The van der Waals surface area contributed by atoms with Gasteiger partial charge < -0.3 is 15.5 Å². The molecule has 3 N–H and O–H groups in total. The Morgan fingerprint density at radius 2 is 0.595 bits per heavy atom. The molecule has 0 aromatic rings. The van der Waals surface area contributed by atoms with Crippen LogP contribution in [0.25, 0.3) is 0 Å². The van der Waals surface area contributed by atoms with Crippen molar-refractivity contribution < 1.29 is 15.0 Å². The third-order valence-corrected chi connectivity index (χ3v) is 15.2. The van der Waals surface area contributed by atoms with E-state index >= 15 is 0 Å². The maximum absolute atomic E-state index is 12.5. The Hall–Kier alpha value is -2.17. The molecule has 0 aromatic heterocycles. The minimum Gasteiger partial charge on any atom is -0.394 e. The van der Waals surface area contributed by atoms with E-state index in [-0.39, 0.29) is 12.5 Å². The molecule has 0 aromatic carbocycles. The Labute approximate surface area is 463 Å². The highest BCUT2D eigenvalue weighted by Gasteiger charge is 2.20. The zero-order chi connectivity index (χ0) is 53.4. The van der Waals surface area contributed by atoms with Gasteiger partial charge in [0.15, 0.2) is 0 Å². The third kappa shape index (κ3) is 60.7. The predicted octanol–water partition coefficient (Wildman–Crippen LogP) is 22.5. The molecule has 2 unspecified atom stereocenters. The summed E-state index contributed by atoms with van der Waals surface area (Å²) in [6.07, 6.45) is 93.6. The first-order chi connectivity index (χ1) is 36.7. The lowest BCUT2D eigenvalue weighted by atomic mass is 10.0. The average Bonchev–Trinajstić information content (AvgIpc) is 3.40. The molecular weight excluding hydrogens is 903 g/mol. The molecule has 0 radical (unpaired) electrons. The van der Waals surface area contributed by atoms with Crippen molar-refractivity contribution in [2.45, 2.75) is 360 Å². The molecule has 0 rings (SSSR count). The van der Waals surface area contributed by atoms with Crippen LogP contribution in [0.5, 0.6) is 0 Å². The molecule has 2 atom stereocenters. The molecule has 4 nitrogen and oxygen atoms in total. The number of aliphatic hydroxyl groups is 2. The van der Waals surface area contributed by atoms with Crippen LogP contribution >= 0.6 is 0 Å². The van der Waals surface area contributed by atoms with Crippen LogP contribution in [0.4, 0.5) is 0 Å². The van der Waals surface area contributed by atoms with Gasteiger partial charge in [0.1, 0.15) is 0 Å². The van der Waals surface area contributed by atoms with E-state index in [0.717, 1.165) is 64.2 Å². The summed E-state index contributed by atoms with van der Waals surface area (Å²) in [7, 11) is 0. The van der Waals surface area contributed by atoms with Gasteiger partial charge in [0.25, 0.3) is 0 Å². The molecule has 0 aliphatic heterocycles. The van der Waals surface area contributed by atoms with Crippen LogP contribution in [0.1, 0.15) is 348 Å². The summed E-state index contributed by atoms with van der Waals surface area (Å²) < 4.78 is 0. The van der Waals surface area contributed by atoms with E-state index in [1.807, 2.05) is 0 Å². The molecule has 0 spiro atoms. The summed E-state index contributed by atoms with van der Waals surface area (Å²) in [4.78, 5) is 12.5. The summed E-state index contributed by atoms with van der Waals surface area (Å²) in [6.45, 7) is 4.28. The zero-order valence-corrected chi connectivity index (χ0v) is 49.9. The van der Waals surface area contributed by atoms with Gasteiger partial charge in [0, 0.05) is 6.42 Å². The van der Waals surface area contributed by atoms with Crippen LogP contribution in [0.3, 0.4) is 0 Å². The van der Waals surface area contributed by atoms with Crippen molar-refractivity contribution in [1.29, 1.82) is 0 Å². The van der Waals surface area contributed by atoms with Gasteiger partial charge in [-0.05, 0) is 64.2 Å². The molecule has 0 saturated carbocycles. The van der Waals surface area contributed by atoms with Gasteiger partial charge in [-0.3, -0.25) is 4.79 Å². The van der Waals surface area contributed by atoms with Crippen LogP contribution in [-0.2, 0) is 4.79 Å². The second-order valence-corrected chi connectivity index (χ2v) is 22.5. The van der Waals surface area contributed by atoms with Crippen molar-refractivity contribution in [1.82, 2.24) is 5.32 Å². The summed E-state index contributed by atoms with van der Waals surface area (Å²) in [5.41, 5.74) is 0. The predicted molar refractivity (Wildman–Crippen MR) is 331 cm³/mol. The van der Waals surface area contributed by atoms with Crippen molar-refractivity contribution in [3.05, 3.63) is 72.9 Å². The highest BCUT2D eigenvalue weighted by molar-refractivity contribution is 5.76. The molecule has 0 aliphatic carbocycles. The number of hydrogen-bond donors (Lipinski definition) is 3. The molecule has 0 saturated heterocycles. The second kappa shape index (κ2) is 65.1. The molecule has 4 heteroatoms. The fourth-order valence-electron chi connectivity index (χ4n) is 10.3. The third-order valence-electron chi connectivity index (χ3n) is 15.2. The first-order valence-corrected chi connectivity index (χ1v) is 33.1. The normalized spacial score (nSPS) is 13.2. The van der Waals surface area contributed by atoms with E-state index in [1.54, 1.807) is 0 Å². The van der Waals surface area contributed by atoms with Crippen LogP contribution in [0.15, 0.2) is 72.9 Å². The van der Waals surface area contributed by atoms with Crippen molar-refractivity contribution >= 4 is 5.91 Å². The van der Waals surface area contributed by atoms with Gasteiger partial charge in [-0.1, -0.05) is 350 Å². The van der Waals surface area contributed by atoms with Gasteiger partial charge in [-0.15, -0.1) is 0 Å². The Balaban J connectivity index is 3.45. The number of hydrogen-bond acceptors (Lipinski definition) is 3. The minimum absolute atomic E-state index is 0.0312. The highest BCUT2D eigenvalue weighted by atomic mass is 16.3. The number of amides is 1. The zero-order valence-electron chi connectivity index (χ0n) is 49.9. The minimum atomic E-state index is -0.666. The Morgan fingerprint density at radius 3 is 0.892 bits per heavy atom. The van der Waals surface area contributed by atoms with Crippen LogP contribution in [0, 0.1) is 0 Å². The van der Waals surface area contributed by atoms with Crippen molar-refractivity contribution in [3.8, 4) is 0 Å². The first kappa shape index (κ1) is 71.8. The molecule has 0 fully saturated rings. The van der Waals surface area contributed by atoms with E-state index < -0.39 is 12.1 Å². The number of carbonyl (C=O) groups excluding carboxylic acids is 1. The van der Waals surface area contributed by atoms with E-state index in [1.165, 1.54) is 257 Å². The molecule has 1 amide bonds. The number of aliphatic hydroxyl groups excluding tert-OH is 2. The molecule has 74 heavy (non-hydrogen) atoms. The molecular formula is C70H129NO3. The van der Waals surface area contributed by atoms with Crippen LogP contribution in [-0.4, -0.2) is 34.9 Å². The Kier molecular flexibility index (Phi) is 63.2. The van der Waals surface area contributed by atoms with E-state index in [2.05, 4.69) is 92.1 Å². The number of carbonyl (C=O) groups is 1. The molecule has 0 heterocycles. The lowest BCUT2D eigenvalue weighted by Crippen LogP contribution is -2.45. The Morgan fingerprint density at radius 1 is 0.338 bits per heavy atom. The lowest BCUT2D eigenvalue weighted by Gasteiger charge is -2.22. The van der Waals surface area contributed by atoms with Crippen molar-refractivity contribution in [2.75, 3.05) is 6.61 Å². The number of unbranched alkanes of at least 4 members (excludes halogenated alkanes) is 42. The number of allylic oxidation sites excluding steroid dienone is 12. The Bertz CT molecular complexity index is 1260. The fraction of sp³-hybridized carbons (Fsp3) is 0.814. The van der Waals surface area contributed by atoms with Crippen molar-refractivity contribution in [2.24, 2.45) is 0 Å². The number of nitrogens with one attached hydrogen (secondary N) is 1. The van der Waals surface area contributed by atoms with Gasteiger partial charge in [-0.25, -0.2) is 0 Å². The quantitative estimate of drug-likeness (QED) is 0.0420. The fourth-order valence-corrected chi connectivity index (χ4v) is 10.3. The highest BCUT2D eigenvalue weighted by Crippen LogP contribution is 2.18. The van der Waals surface area contributed by atoms with E-state index in [4.69, 9.17) is 0 Å². The molecule has 0 bridgehead atoms. The summed E-state index contributed by atoms with van der Waals surface area (Å²) in [5.74, 6) is -0.0312. The first-order valence-electron chi connectivity index (χ1n) is 33.1. The smallest absolute Gasteiger partial charge is 0.220 e. The lowest BCUT2D eigenvalue weighted by molar-refractivity contribution is -0.123. The van der Waals surface area contributed by atoms with E-state index in [9.17, 15) is 15.0 Å². The SMILES string of the molecule is CC/C=C\C/C=C\C/C=C\C/C=C\C/C=C\C/C=C\CCCCCCCCCCCCCCC(=O)NC(CO)C(O)CCCCCCCCCCCCCCCCCCCCCCCCCCCCCCCCC. The van der Waals surface area contributed by atoms with E-state index in [0.29, 0.717) is 12.8 Å². The van der Waals surface area contributed by atoms with Crippen molar-refractivity contribution in [3.63, 3.8) is 0 Å². The topological polar surface area (TPSA) is 69.6 Å². The molecule has 432 valence electrons. The van der Waals surface area contributed by atoms with Gasteiger partial charge in [0.2, 0.25) is 5.91 Å². The standard InChI is InChI=1S/C70H129NO3/c1-3-5-7-9-11-13-15-17-19-21-23-25-27-29-31-33-35-37-39-41-43-45-47-49-51-53-55-57-59-61-63-65-69(73)68(67-72)71-70(74)66-64-62-60-58-56-54-52-50-48-46-44-42-40-38-36-34-32-30-28-26-24-22-20-18-16-14-12-10-8-6-4-2/h6,8,12,14,18,20,24,26,30,32,36,38,68-69,72-73H,3-5,7,9-11,13,15-17,19,21-23,25,27-29,31,33-35,37,39-67H2,1-2H3,(H,71,74)/b8-6-,14-12-,20-18-,26-24-,32-30-,38-36-. The largest absolute Gasteiger partial charge is 0.394 e. The van der Waals surface area contributed by atoms with Crippen LogP contribution in [0.2, 0.25) is 0 Å². The van der Waals surface area contributed by atoms with Gasteiger partial charge >= 0.3 is 0 Å². The average molecular weight is 1030 g/mol. The maximum atomic E-state index is 12.5.